The van der Waals surface area contributed by atoms with Crippen LogP contribution in [0.2, 0.25) is 0 Å². The van der Waals surface area contributed by atoms with Crippen molar-refractivity contribution in [2.75, 3.05) is 25.0 Å². The fourth-order valence-electron chi connectivity index (χ4n) is 3.49. The van der Waals surface area contributed by atoms with Gasteiger partial charge in [-0.2, -0.15) is 5.10 Å². The van der Waals surface area contributed by atoms with Crippen molar-refractivity contribution in [1.82, 2.24) is 14.7 Å². The number of nitrogens with zero attached hydrogens (tertiary/aromatic N) is 3. The van der Waals surface area contributed by atoms with E-state index in [2.05, 4.69) is 26.1 Å². The van der Waals surface area contributed by atoms with Crippen molar-refractivity contribution in [1.29, 1.82) is 0 Å². The summed E-state index contributed by atoms with van der Waals surface area (Å²) in [7, 11) is 0. The molecule has 0 saturated heterocycles. The summed E-state index contributed by atoms with van der Waals surface area (Å²) in [6, 6.07) is 19.0. The summed E-state index contributed by atoms with van der Waals surface area (Å²) in [5, 5.41) is 7.75. The molecule has 0 saturated carbocycles. The lowest BCUT2D eigenvalue weighted by Crippen LogP contribution is -2.41. The van der Waals surface area contributed by atoms with Crippen molar-refractivity contribution in [3.05, 3.63) is 71.9 Å². The van der Waals surface area contributed by atoms with Crippen molar-refractivity contribution in [3.63, 3.8) is 0 Å². The maximum atomic E-state index is 13.0. The summed E-state index contributed by atoms with van der Waals surface area (Å²) in [5.74, 6) is 0.683. The number of hydrogen-bond donors (Lipinski definition) is 1. The smallest absolute Gasteiger partial charge is 0.260 e. The van der Waals surface area contributed by atoms with E-state index < -0.39 is 0 Å². The van der Waals surface area contributed by atoms with Gasteiger partial charge < -0.3 is 15.0 Å². The fraction of sp³-hybridized carbons (Fsp3) is 0.370. The van der Waals surface area contributed by atoms with Gasteiger partial charge in [-0.1, -0.05) is 64.1 Å². The molecule has 7 heteroatoms. The molecule has 2 amide bonds. The first-order valence-corrected chi connectivity index (χ1v) is 11.6. The number of aryl methyl sites for hydroxylation is 1. The number of rotatable bonds is 9. The molecule has 0 fully saturated rings. The Kier molecular flexibility index (Phi) is 8.10. The summed E-state index contributed by atoms with van der Waals surface area (Å²) in [4.78, 5) is 27.3. The Morgan fingerprint density at radius 2 is 1.74 bits per heavy atom. The second kappa shape index (κ2) is 11.0. The molecule has 0 aliphatic rings. The fourth-order valence-corrected chi connectivity index (χ4v) is 3.49. The Hall–Kier alpha value is -3.61. The van der Waals surface area contributed by atoms with Gasteiger partial charge in [-0.25, -0.2) is 4.68 Å². The van der Waals surface area contributed by atoms with Gasteiger partial charge in [0.25, 0.3) is 5.91 Å². The molecule has 0 radical (unpaired) electrons. The van der Waals surface area contributed by atoms with Crippen LogP contribution in [-0.4, -0.2) is 46.2 Å². The Morgan fingerprint density at radius 3 is 2.38 bits per heavy atom. The van der Waals surface area contributed by atoms with Gasteiger partial charge in [-0.15, -0.1) is 0 Å². The Balaban J connectivity index is 1.76. The second-order valence-corrected chi connectivity index (χ2v) is 9.33. The molecule has 0 aliphatic heterocycles. The molecule has 34 heavy (non-hydrogen) atoms. The van der Waals surface area contributed by atoms with Crippen LogP contribution in [0, 0.1) is 6.92 Å². The van der Waals surface area contributed by atoms with Crippen molar-refractivity contribution >= 4 is 17.6 Å². The largest absolute Gasteiger partial charge is 0.484 e. The normalized spacial score (nSPS) is 11.2. The van der Waals surface area contributed by atoms with Crippen LogP contribution >= 0.6 is 0 Å². The Morgan fingerprint density at radius 1 is 1.06 bits per heavy atom. The lowest BCUT2D eigenvalue weighted by Gasteiger charge is -2.22. The van der Waals surface area contributed by atoms with Crippen LogP contribution in [0.5, 0.6) is 5.75 Å². The van der Waals surface area contributed by atoms with E-state index in [0.29, 0.717) is 18.1 Å². The minimum absolute atomic E-state index is 0.0609. The first-order chi connectivity index (χ1) is 16.2. The number of hydrogen-bond acceptors (Lipinski definition) is 4. The number of anilines is 1. The minimum Gasteiger partial charge on any atom is -0.484 e. The summed E-state index contributed by atoms with van der Waals surface area (Å²) >= 11 is 0. The van der Waals surface area contributed by atoms with E-state index in [9.17, 15) is 9.59 Å². The highest BCUT2D eigenvalue weighted by molar-refractivity contribution is 5.94. The van der Waals surface area contributed by atoms with Gasteiger partial charge in [0.2, 0.25) is 5.91 Å². The van der Waals surface area contributed by atoms with E-state index in [-0.39, 0.29) is 30.4 Å². The average molecular weight is 463 g/mol. The monoisotopic (exact) mass is 462 g/mol. The van der Waals surface area contributed by atoms with E-state index in [4.69, 9.17) is 9.84 Å². The first-order valence-electron chi connectivity index (χ1n) is 11.6. The lowest BCUT2D eigenvalue weighted by atomic mass is 9.92. The SMILES string of the molecule is CCCN(CC(=O)Nc1cc(C(C)(C)C)nn1-c1ccccc1C)C(=O)COc1ccccc1. The summed E-state index contributed by atoms with van der Waals surface area (Å²) in [6.45, 7) is 10.5. The molecular weight excluding hydrogens is 428 g/mol. The summed E-state index contributed by atoms with van der Waals surface area (Å²) < 4.78 is 7.35. The third-order valence-electron chi connectivity index (χ3n) is 5.38. The maximum absolute atomic E-state index is 13.0. The molecule has 3 aromatic rings. The molecule has 180 valence electrons. The minimum atomic E-state index is -0.281. The van der Waals surface area contributed by atoms with Crippen LogP contribution in [-0.2, 0) is 15.0 Å². The van der Waals surface area contributed by atoms with Crippen molar-refractivity contribution in [2.24, 2.45) is 0 Å². The van der Waals surface area contributed by atoms with E-state index in [1.165, 1.54) is 4.90 Å². The predicted molar refractivity (Wildman–Crippen MR) is 134 cm³/mol. The van der Waals surface area contributed by atoms with Crippen LogP contribution < -0.4 is 10.1 Å². The van der Waals surface area contributed by atoms with Gasteiger partial charge in [-0.05, 0) is 37.1 Å². The maximum Gasteiger partial charge on any atom is 0.260 e. The predicted octanol–water partition coefficient (Wildman–Crippen LogP) is 4.73. The highest BCUT2D eigenvalue weighted by atomic mass is 16.5. The molecule has 0 atom stereocenters. The Labute approximate surface area is 201 Å². The third-order valence-corrected chi connectivity index (χ3v) is 5.38. The quantitative estimate of drug-likeness (QED) is 0.499. The van der Waals surface area contributed by atoms with E-state index in [1.54, 1.807) is 16.8 Å². The molecule has 2 aromatic carbocycles. The average Bonchev–Trinajstić information content (AvgIpc) is 3.22. The molecule has 0 aliphatic carbocycles. The van der Waals surface area contributed by atoms with Crippen LogP contribution in [0.15, 0.2) is 60.7 Å². The number of para-hydroxylation sites is 2. The molecule has 0 unspecified atom stereocenters. The van der Waals surface area contributed by atoms with Crippen molar-refractivity contribution in [2.45, 2.75) is 46.5 Å². The number of ether oxygens (including phenoxy) is 1. The van der Waals surface area contributed by atoms with Gasteiger partial charge in [-0.3, -0.25) is 9.59 Å². The highest BCUT2D eigenvalue weighted by Crippen LogP contribution is 2.27. The number of aromatic nitrogens is 2. The molecule has 3 rings (SSSR count). The van der Waals surface area contributed by atoms with Crippen LogP contribution in [0.1, 0.15) is 45.4 Å². The third kappa shape index (κ3) is 6.47. The molecule has 0 bridgehead atoms. The molecule has 1 N–H and O–H groups in total. The van der Waals surface area contributed by atoms with Crippen LogP contribution in [0.25, 0.3) is 5.69 Å². The zero-order valence-electron chi connectivity index (χ0n) is 20.7. The van der Waals surface area contributed by atoms with Gasteiger partial charge in [0.1, 0.15) is 18.1 Å². The van der Waals surface area contributed by atoms with Crippen molar-refractivity contribution in [3.8, 4) is 11.4 Å². The van der Waals surface area contributed by atoms with E-state index in [1.807, 2.05) is 62.4 Å². The number of amides is 2. The first kappa shape index (κ1) is 25.0. The van der Waals surface area contributed by atoms with E-state index >= 15 is 0 Å². The second-order valence-electron chi connectivity index (χ2n) is 9.33. The highest BCUT2D eigenvalue weighted by Gasteiger charge is 2.23. The van der Waals surface area contributed by atoms with E-state index in [0.717, 1.165) is 23.4 Å². The number of nitrogens with one attached hydrogen (secondary N) is 1. The molecule has 1 heterocycles. The number of benzene rings is 2. The molecular formula is C27H34N4O3. The van der Waals surface area contributed by atoms with Crippen molar-refractivity contribution < 1.29 is 14.3 Å². The lowest BCUT2D eigenvalue weighted by molar-refractivity contribution is -0.136. The number of carbonyl (C=O) groups is 2. The van der Waals surface area contributed by atoms with Gasteiger partial charge in [0, 0.05) is 18.0 Å². The zero-order chi connectivity index (χ0) is 24.7. The summed E-state index contributed by atoms with van der Waals surface area (Å²) in [6.07, 6.45) is 0.736. The molecule has 1 aromatic heterocycles. The van der Waals surface area contributed by atoms with Crippen LogP contribution in [0.4, 0.5) is 5.82 Å². The Bertz CT molecular complexity index is 1120. The topological polar surface area (TPSA) is 76.5 Å². The van der Waals surface area contributed by atoms with Gasteiger partial charge in [0.15, 0.2) is 6.61 Å². The number of carbonyl (C=O) groups excluding carboxylic acids is 2. The van der Waals surface area contributed by atoms with Crippen LogP contribution in [0.3, 0.4) is 0 Å². The molecule has 0 spiro atoms. The standard InChI is InChI=1S/C27H34N4O3/c1-6-16-30(26(33)19-34-21-13-8-7-9-14-21)18-25(32)28-24-17-23(27(3,4)5)29-31(24)22-15-11-10-12-20(22)2/h7-15,17H,6,16,18-19H2,1-5H3,(H,28,32). The van der Waals surface area contributed by atoms with Gasteiger partial charge >= 0.3 is 0 Å². The summed E-state index contributed by atoms with van der Waals surface area (Å²) in [5.41, 5.74) is 2.61. The van der Waals surface area contributed by atoms with Gasteiger partial charge in [0.05, 0.1) is 11.4 Å². The molecule has 7 nitrogen and oxygen atoms in total. The zero-order valence-corrected chi connectivity index (χ0v) is 20.7.